The van der Waals surface area contributed by atoms with E-state index in [-0.39, 0.29) is 11.3 Å². The molecule has 9 nitrogen and oxygen atoms in total. The molecular weight excluding hydrogens is 402 g/mol. The first-order valence-electron chi connectivity index (χ1n) is 9.12. The summed E-state index contributed by atoms with van der Waals surface area (Å²) in [6.07, 6.45) is 3.05. The lowest BCUT2D eigenvalue weighted by atomic mass is 10.1. The lowest BCUT2D eigenvalue weighted by molar-refractivity contribution is -0.147. The van der Waals surface area contributed by atoms with E-state index < -0.39 is 17.8 Å². The molecule has 0 atom stereocenters. The third kappa shape index (κ3) is 5.15. The number of amides is 2. The molecule has 0 saturated carbocycles. The summed E-state index contributed by atoms with van der Waals surface area (Å²) in [5.74, 6) is -2.70. The van der Waals surface area contributed by atoms with E-state index in [0.717, 1.165) is 0 Å². The third-order valence-corrected chi connectivity index (χ3v) is 4.26. The molecule has 2 aromatic carbocycles. The van der Waals surface area contributed by atoms with Gasteiger partial charge in [-0.15, -0.1) is 0 Å². The molecule has 4 N–H and O–H groups in total. The number of phenols is 1. The minimum absolute atomic E-state index is 0.0157. The zero-order valence-electron chi connectivity index (χ0n) is 16.7. The Morgan fingerprint density at radius 3 is 2.29 bits per heavy atom. The van der Waals surface area contributed by atoms with Crippen LogP contribution in [0.4, 0.5) is 11.4 Å². The maximum absolute atomic E-state index is 12.5. The Labute approximate surface area is 177 Å². The van der Waals surface area contributed by atoms with E-state index in [0.29, 0.717) is 34.0 Å². The topological polar surface area (TPSA) is 138 Å². The average molecular weight is 421 g/mol. The van der Waals surface area contributed by atoms with Crippen LogP contribution in [-0.4, -0.2) is 33.0 Å². The predicted molar refractivity (Wildman–Crippen MR) is 113 cm³/mol. The molecular formula is C22H19N3O6. The number of aromatic hydroxyl groups is 1. The first-order valence-corrected chi connectivity index (χ1v) is 9.12. The monoisotopic (exact) mass is 421 g/mol. The molecule has 1 heterocycles. The van der Waals surface area contributed by atoms with Crippen LogP contribution in [0.1, 0.15) is 21.5 Å². The van der Waals surface area contributed by atoms with Crippen LogP contribution >= 0.6 is 0 Å². The van der Waals surface area contributed by atoms with Crippen LogP contribution in [0.2, 0.25) is 0 Å². The SMILES string of the molecule is Cc1cc(NC(=O)C(=O)O)cc(C)c1Oc1ccc(O)c(C(=O)Nc2cccnc2)c1. The van der Waals surface area contributed by atoms with Crippen molar-refractivity contribution < 1.29 is 29.3 Å². The number of rotatable bonds is 5. The van der Waals surface area contributed by atoms with Crippen molar-refractivity contribution in [3.05, 3.63) is 71.5 Å². The fraction of sp³-hybridized carbons (Fsp3) is 0.0909. The molecule has 3 aromatic rings. The van der Waals surface area contributed by atoms with Crippen LogP contribution in [0.5, 0.6) is 17.2 Å². The van der Waals surface area contributed by atoms with Gasteiger partial charge < -0.3 is 25.6 Å². The average Bonchev–Trinajstić information content (AvgIpc) is 2.72. The Morgan fingerprint density at radius 1 is 0.968 bits per heavy atom. The van der Waals surface area contributed by atoms with Gasteiger partial charge in [0.15, 0.2) is 0 Å². The molecule has 0 aliphatic rings. The van der Waals surface area contributed by atoms with Crippen molar-refractivity contribution in [2.75, 3.05) is 10.6 Å². The largest absolute Gasteiger partial charge is 0.507 e. The van der Waals surface area contributed by atoms with Crippen LogP contribution in [0.25, 0.3) is 0 Å². The molecule has 0 spiro atoms. The number of aryl methyl sites for hydroxylation is 2. The minimum atomic E-state index is -1.59. The quantitative estimate of drug-likeness (QED) is 0.463. The van der Waals surface area contributed by atoms with Crippen molar-refractivity contribution in [1.82, 2.24) is 4.98 Å². The van der Waals surface area contributed by atoms with E-state index in [4.69, 9.17) is 9.84 Å². The molecule has 0 saturated heterocycles. The summed E-state index contributed by atoms with van der Waals surface area (Å²) in [6, 6.07) is 10.7. The molecule has 3 rings (SSSR count). The highest BCUT2D eigenvalue weighted by molar-refractivity contribution is 6.36. The normalized spacial score (nSPS) is 10.3. The van der Waals surface area contributed by atoms with E-state index >= 15 is 0 Å². The van der Waals surface area contributed by atoms with Gasteiger partial charge in [-0.25, -0.2) is 4.79 Å². The lowest BCUT2D eigenvalue weighted by Gasteiger charge is -2.15. The fourth-order valence-electron chi connectivity index (χ4n) is 2.88. The highest BCUT2D eigenvalue weighted by Gasteiger charge is 2.16. The molecule has 0 bridgehead atoms. The zero-order chi connectivity index (χ0) is 22.5. The Balaban J connectivity index is 1.83. The number of carbonyl (C=O) groups is 3. The number of nitrogens with one attached hydrogen (secondary N) is 2. The lowest BCUT2D eigenvalue weighted by Crippen LogP contribution is -2.21. The Morgan fingerprint density at radius 2 is 1.68 bits per heavy atom. The van der Waals surface area contributed by atoms with E-state index in [2.05, 4.69) is 15.6 Å². The highest BCUT2D eigenvalue weighted by Crippen LogP contribution is 2.33. The molecule has 0 aliphatic carbocycles. The number of hydrogen-bond acceptors (Lipinski definition) is 6. The number of aromatic nitrogens is 1. The predicted octanol–water partition coefficient (Wildman–Crippen LogP) is 3.47. The summed E-state index contributed by atoms with van der Waals surface area (Å²) in [5, 5.41) is 23.8. The minimum Gasteiger partial charge on any atom is -0.507 e. The number of carbonyl (C=O) groups excluding carboxylic acids is 2. The Bertz CT molecular complexity index is 1140. The maximum atomic E-state index is 12.5. The summed E-state index contributed by atoms with van der Waals surface area (Å²) >= 11 is 0. The van der Waals surface area contributed by atoms with Crippen molar-refractivity contribution in [2.45, 2.75) is 13.8 Å². The summed E-state index contributed by atoms with van der Waals surface area (Å²) in [6.45, 7) is 3.46. The van der Waals surface area contributed by atoms with Gasteiger partial charge in [0.2, 0.25) is 0 Å². The summed E-state index contributed by atoms with van der Waals surface area (Å²) in [5.41, 5.74) is 2.08. The standard InChI is InChI=1S/C22H19N3O6/c1-12-8-15(25-21(28)22(29)30)9-13(2)19(12)31-16-5-6-18(26)17(10-16)20(27)24-14-4-3-7-23-11-14/h3-11,26H,1-2H3,(H,24,27)(H,25,28)(H,29,30). The second kappa shape index (κ2) is 8.95. The van der Waals surface area contributed by atoms with E-state index in [9.17, 15) is 19.5 Å². The fourth-order valence-corrected chi connectivity index (χ4v) is 2.88. The number of hydrogen-bond donors (Lipinski definition) is 4. The van der Waals surface area contributed by atoms with E-state index in [1.165, 1.54) is 24.4 Å². The molecule has 158 valence electrons. The summed E-state index contributed by atoms with van der Waals surface area (Å²) < 4.78 is 5.91. The second-order valence-corrected chi connectivity index (χ2v) is 6.68. The molecule has 2 amide bonds. The highest BCUT2D eigenvalue weighted by atomic mass is 16.5. The van der Waals surface area contributed by atoms with Crippen molar-refractivity contribution in [2.24, 2.45) is 0 Å². The van der Waals surface area contributed by atoms with Crippen LogP contribution in [0.3, 0.4) is 0 Å². The number of carboxylic acids is 1. The third-order valence-electron chi connectivity index (χ3n) is 4.26. The molecule has 0 fully saturated rings. The first-order chi connectivity index (χ1) is 14.7. The van der Waals surface area contributed by atoms with Gasteiger partial charge in [-0.05, 0) is 67.4 Å². The van der Waals surface area contributed by atoms with Crippen LogP contribution in [-0.2, 0) is 9.59 Å². The number of ether oxygens (including phenoxy) is 1. The van der Waals surface area contributed by atoms with Gasteiger partial charge in [0.1, 0.15) is 17.2 Å². The number of nitrogens with zero attached hydrogens (tertiary/aromatic N) is 1. The second-order valence-electron chi connectivity index (χ2n) is 6.68. The smallest absolute Gasteiger partial charge is 0.394 e. The summed E-state index contributed by atoms with van der Waals surface area (Å²) in [4.78, 5) is 38.5. The van der Waals surface area contributed by atoms with Crippen molar-refractivity contribution in [3.63, 3.8) is 0 Å². The van der Waals surface area contributed by atoms with Gasteiger partial charge in [0.05, 0.1) is 17.4 Å². The molecule has 9 heteroatoms. The Kier molecular flexibility index (Phi) is 6.15. The first kappa shape index (κ1) is 21.3. The number of anilines is 2. The number of pyridine rings is 1. The molecule has 0 radical (unpaired) electrons. The van der Waals surface area contributed by atoms with Gasteiger partial charge in [0, 0.05) is 11.9 Å². The van der Waals surface area contributed by atoms with Gasteiger partial charge in [0.25, 0.3) is 5.91 Å². The molecule has 1 aromatic heterocycles. The Hall–Kier alpha value is -4.40. The molecule has 0 unspecified atom stereocenters. The van der Waals surface area contributed by atoms with Crippen LogP contribution in [0, 0.1) is 13.8 Å². The van der Waals surface area contributed by atoms with Crippen LogP contribution in [0.15, 0.2) is 54.9 Å². The van der Waals surface area contributed by atoms with Gasteiger partial charge in [-0.2, -0.15) is 0 Å². The molecule has 0 aliphatic heterocycles. The van der Waals surface area contributed by atoms with Crippen molar-refractivity contribution in [1.29, 1.82) is 0 Å². The van der Waals surface area contributed by atoms with Crippen molar-refractivity contribution in [3.8, 4) is 17.2 Å². The number of benzene rings is 2. The van der Waals surface area contributed by atoms with Gasteiger partial charge in [-0.1, -0.05) is 0 Å². The van der Waals surface area contributed by atoms with Crippen molar-refractivity contribution >= 4 is 29.2 Å². The number of aliphatic carboxylic acids is 1. The van der Waals surface area contributed by atoms with Crippen LogP contribution < -0.4 is 15.4 Å². The van der Waals surface area contributed by atoms with E-state index in [1.807, 2.05) is 0 Å². The zero-order valence-corrected chi connectivity index (χ0v) is 16.7. The van der Waals surface area contributed by atoms with Gasteiger partial charge in [-0.3, -0.25) is 14.6 Å². The maximum Gasteiger partial charge on any atom is 0.394 e. The summed E-state index contributed by atoms with van der Waals surface area (Å²) in [7, 11) is 0. The molecule has 31 heavy (non-hydrogen) atoms. The van der Waals surface area contributed by atoms with E-state index in [1.54, 1.807) is 44.3 Å². The van der Waals surface area contributed by atoms with Gasteiger partial charge >= 0.3 is 11.9 Å². The number of phenolic OH excluding ortho intramolecular Hbond substituents is 1. The number of carboxylic acid groups (broad SMARTS) is 1.